The smallest absolute Gasteiger partial charge is 0.408 e. The molecule has 6 heteroatoms. The molecule has 2 aliphatic heterocycles. The summed E-state index contributed by atoms with van der Waals surface area (Å²) in [4.78, 5) is 12.2. The average Bonchev–Trinajstić information content (AvgIpc) is 2.94. The predicted molar refractivity (Wildman–Crippen MR) is 74.6 cm³/mol. The van der Waals surface area contributed by atoms with Crippen LogP contribution in [0.1, 0.15) is 6.42 Å². The summed E-state index contributed by atoms with van der Waals surface area (Å²) in [5, 5.41) is 6.38. The van der Waals surface area contributed by atoms with Gasteiger partial charge >= 0.3 is 6.98 Å². The number of hydrogen-bond donors (Lipinski definition) is 2. The SMILES string of the molecule is O=C1NB(c2ccc3c(c2)OCO3)NC2=CC=CCC12. The summed E-state index contributed by atoms with van der Waals surface area (Å²) in [5.41, 5.74) is 1.93. The van der Waals surface area contributed by atoms with Crippen molar-refractivity contribution in [3.8, 4) is 11.5 Å². The number of nitrogens with one attached hydrogen (secondary N) is 2. The van der Waals surface area contributed by atoms with Crippen molar-refractivity contribution in [1.29, 1.82) is 0 Å². The van der Waals surface area contributed by atoms with E-state index >= 15 is 0 Å². The molecule has 1 aromatic rings. The number of rotatable bonds is 1. The van der Waals surface area contributed by atoms with Crippen LogP contribution in [0.4, 0.5) is 0 Å². The lowest BCUT2D eigenvalue weighted by atomic mass is 9.64. The monoisotopic (exact) mass is 268 g/mol. The lowest BCUT2D eigenvalue weighted by Gasteiger charge is -2.32. The molecule has 5 nitrogen and oxygen atoms in total. The number of allylic oxidation sites excluding steroid dienone is 3. The van der Waals surface area contributed by atoms with Crippen molar-refractivity contribution in [3.63, 3.8) is 0 Å². The summed E-state index contributed by atoms with van der Waals surface area (Å²) in [5.74, 6) is 1.43. The first kappa shape index (κ1) is 11.5. The van der Waals surface area contributed by atoms with Gasteiger partial charge in [-0.2, -0.15) is 0 Å². The van der Waals surface area contributed by atoms with Crippen LogP contribution >= 0.6 is 0 Å². The maximum absolute atomic E-state index is 12.2. The molecular weight excluding hydrogens is 255 g/mol. The van der Waals surface area contributed by atoms with Crippen LogP contribution in [0.25, 0.3) is 0 Å². The lowest BCUT2D eigenvalue weighted by molar-refractivity contribution is -0.122. The van der Waals surface area contributed by atoms with Gasteiger partial charge in [0.2, 0.25) is 12.7 Å². The van der Waals surface area contributed by atoms with E-state index in [2.05, 4.69) is 10.5 Å². The summed E-state index contributed by atoms with van der Waals surface area (Å²) >= 11 is 0. The van der Waals surface area contributed by atoms with Crippen LogP contribution in [-0.2, 0) is 4.79 Å². The maximum Gasteiger partial charge on any atom is 0.408 e. The number of carbonyl (C=O) groups is 1. The third kappa shape index (κ3) is 1.76. The van der Waals surface area contributed by atoms with Gasteiger partial charge in [0.1, 0.15) is 0 Å². The van der Waals surface area contributed by atoms with Crippen molar-refractivity contribution < 1.29 is 14.3 Å². The Morgan fingerprint density at radius 1 is 1.20 bits per heavy atom. The fourth-order valence-corrected chi connectivity index (χ4v) is 2.73. The molecule has 4 rings (SSSR count). The molecule has 0 aromatic heterocycles. The van der Waals surface area contributed by atoms with E-state index < -0.39 is 0 Å². The molecule has 0 saturated carbocycles. The number of ether oxygens (including phenoxy) is 2. The zero-order valence-electron chi connectivity index (χ0n) is 10.8. The standard InChI is InChI=1S/C14H13BN2O3/c18-14-10-3-1-2-4-11(10)16-15(17-14)9-5-6-12-13(7-9)20-8-19-12/h1-2,4-7,10,16H,3,8H2,(H,17,18). The molecule has 100 valence electrons. The molecule has 1 fully saturated rings. The predicted octanol–water partition coefficient (Wildman–Crippen LogP) is 0.290. The first-order chi connectivity index (χ1) is 9.81. The highest BCUT2D eigenvalue weighted by Crippen LogP contribution is 2.30. The summed E-state index contributed by atoms with van der Waals surface area (Å²) in [6.45, 7) is 0.0207. The summed E-state index contributed by atoms with van der Waals surface area (Å²) < 4.78 is 10.7. The van der Waals surface area contributed by atoms with Crippen LogP contribution < -0.4 is 25.4 Å². The minimum atomic E-state index is -0.231. The number of fused-ring (bicyclic) bond motifs is 2. The third-order valence-corrected chi connectivity index (χ3v) is 3.80. The third-order valence-electron chi connectivity index (χ3n) is 3.80. The van der Waals surface area contributed by atoms with E-state index in [9.17, 15) is 4.79 Å². The quantitative estimate of drug-likeness (QED) is 0.719. The molecule has 1 aromatic carbocycles. The van der Waals surface area contributed by atoms with Gasteiger partial charge < -0.3 is 19.9 Å². The van der Waals surface area contributed by atoms with Crippen LogP contribution in [-0.4, -0.2) is 19.7 Å². The molecule has 0 radical (unpaired) electrons. The lowest BCUT2D eigenvalue weighted by Crippen LogP contribution is -2.64. The number of amides is 1. The molecule has 1 unspecified atom stereocenters. The molecule has 1 saturated heterocycles. The topological polar surface area (TPSA) is 59.6 Å². The highest BCUT2D eigenvalue weighted by atomic mass is 16.7. The van der Waals surface area contributed by atoms with Crippen LogP contribution in [0.5, 0.6) is 11.5 Å². The van der Waals surface area contributed by atoms with Gasteiger partial charge in [-0.05, 0) is 30.1 Å². The minimum Gasteiger partial charge on any atom is -0.454 e. The molecule has 20 heavy (non-hydrogen) atoms. The van der Waals surface area contributed by atoms with Crippen molar-refractivity contribution in [1.82, 2.24) is 10.5 Å². The molecule has 0 spiro atoms. The Morgan fingerprint density at radius 3 is 3.05 bits per heavy atom. The largest absolute Gasteiger partial charge is 0.454 e. The fourth-order valence-electron chi connectivity index (χ4n) is 2.73. The van der Waals surface area contributed by atoms with E-state index in [4.69, 9.17) is 9.47 Å². The second-order valence-corrected chi connectivity index (χ2v) is 5.04. The molecular formula is C14H13BN2O3. The van der Waals surface area contributed by atoms with Gasteiger partial charge in [-0.3, -0.25) is 4.79 Å². The van der Waals surface area contributed by atoms with Crippen molar-refractivity contribution in [2.24, 2.45) is 5.92 Å². The molecule has 3 aliphatic rings. The van der Waals surface area contributed by atoms with Crippen LogP contribution in [0, 0.1) is 5.92 Å². The molecule has 2 N–H and O–H groups in total. The first-order valence-corrected chi connectivity index (χ1v) is 6.64. The zero-order chi connectivity index (χ0) is 13.5. The van der Waals surface area contributed by atoms with E-state index in [1.165, 1.54) is 0 Å². The highest BCUT2D eigenvalue weighted by molar-refractivity contribution is 6.71. The Hall–Kier alpha value is -2.37. The highest BCUT2D eigenvalue weighted by Gasteiger charge is 2.35. The van der Waals surface area contributed by atoms with Gasteiger partial charge in [0, 0.05) is 5.70 Å². The minimum absolute atomic E-state index is 0.0574. The van der Waals surface area contributed by atoms with E-state index in [-0.39, 0.29) is 25.6 Å². The summed E-state index contributed by atoms with van der Waals surface area (Å²) in [6.07, 6.45) is 6.70. The second-order valence-electron chi connectivity index (χ2n) is 5.04. The van der Waals surface area contributed by atoms with Gasteiger partial charge in [-0.25, -0.2) is 0 Å². The van der Waals surface area contributed by atoms with E-state index in [1.807, 2.05) is 36.4 Å². The zero-order valence-corrected chi connectivity index (χ0v) is 10.8. The summed E-state index contributed by atoms with van der Waals surface area (Å²) in [7, 11) is 0. The van der Waals surface area contributed by atoms with E-state index in [1.54, 1.807) is 0 Å². The number of carbonyl (C=O) groups excluding carboxylic acids is 1. The van der Waals surface area contributed by atoms with Crippen LogP contribution in [0.2, 0.25) is 0 Å². The molecule has 1 amide bonds. The second kappa shape index (κ2) is 4.33. The fraction of sp³-hybridized carbons (Fsp3) is 0.214. The van der Waals surface area contributed by atoms with E-state index in [0.29, 0.717) is 0 Å². The van der Waals surface area contributed by atoms with Gasteiger partial charge in [0.15, 0.2) is 11.5 Å². The molecule has 2 heterocycles. The molecule has 1 aliphatic carbocycles. The van der Waals surface area contributed by atoms with Gasteiger partial charge in [0.25, 0.3) is 0 Å². The van der Waals surface area contributed by atoms with Crippen LogP contribution in [0.15, 0.2) is 42.1 Å². The van der Waals surface area contributed by atoms with Crippen molar-refractivity contribution in [2.75, 3.05) is 6.79 Å². The Labute approximate surface area is 116 Å². The molecule has 1 atom stereocenters. The van der Waals surface area contributed by atoms with Crippen LogP contribution in [0.3, 0.4) is 0 Å². The Kier molecular flexibility index (Phi) is 2.48. The van der Waals surface area contributed by atoms with Gasteiger partial charge in [-0.1, -0.05) is 18.2 Å². The molecule has 0 bridgehead atoms. The first-order valence-electron chi connectivity index (χ1n) is 6.64. The average molecular weight is 268 g/mol. The summed E-state index contributed by atoms with van der Waals surface area (Å²) in [6, 6.07) is 5.71. The van der Waals surface area contributed by atoms with E-state index in [0.717, 1.165) is 29.1 Å². The Morgan fingerprint density at radius 2 is 2.10 bits per heavy atom. The van der Waals surface area contributed by atoms with Crippen molar-refractivity contribution in [3.05, 3.63) is 42.1 Å². The normalized spacial score (nSPS) is 22.8. The van der Waals surface area contributed by atoms with Gasteiger partial charge in [0.05, 0.1) is 5.92 Å². The van der Waals surface area contributed by atoms with Crippen molar-refractivity contribution in [2.45, 2.75) is 6.42 Å². The van der Waals surface area contributed by atoms with Crippen molar-refractivity contribution >= 4 is 18.4 Å². The Bertz CT molecular complexity index is 641. The number of hydrogen-bond acceptors (Lipinski definition) is 4. The van der Waals surface area contributed by atoms with Gasteiger partial charge in [-0.15, -0.1) is 0 Å². The Balaban J connectivity index is 1.64. The maximum atomic E-state index is 12.2. The number of benzene rings is 1.